The number of nitrogens with zero attached hydrogens (tertiary/aromatic N) is 1. The largest absolute Gasteiger partial charge is 0.480 e. The van der Waals surface area contributed by atoms with E-state index in [4.69, 9.17) is 5.11 Å². The number of carboxylic acid groups (broad SMARTS) is 1. The molecule has 0 saturated heterocycles. The van der Waals surface area contributed by atoms with Crippen molar-refractivity contribution in [2.45, 2.75) is 38.6 Å². The fourth-order valence-corrected chi connectivity index (χ4v) is 1.44. The second-order valence-corrected chi connectivity index (χ2v) is 3.43. The van der Waals surface area contributed by atoms with Crippen LogP contribution in [-0.4, -0.2) is 41.9 Å². The lowest BCUT2D eigenvalue weighted by molar-refractivity contribution is -0.143. The summed E-state index contributed by atoms with van der Waals surface area (Å²) in [5.41, 5.74) is 0. The van der Waals surface area contributed by atoms with Gasteiger partial charge in [-0.2, -0.15) is 0 Å². The van der Waals surface area contributed by atoms with E-state index in [1.54, 1.807) is 0 Å². The molecule has 1 N–H and O–H groups in total. The van der Waals surface area contributed by atoms with Crippen LogP contribution >= 0.6 is 0 Å². The summed E-state index contributed by atoms with van der Waals surface area (Å²) >= 11 is 0. The molecule has 0 fully saturated rings. The molecule has 4 nitrogen and oxygen atoms in total. The van der Waals surface area contributed by atoms with Gasteiger partial charge in [-0.25, -0.2) is 0 Å². The number of carbonyl (C=O) groups excluding carboxylic acids is 1. The van der Waals surface area contributed by atoms with Crippen LogP contribution in [0.4, 0.5) is 0 Å². The quantitative estimate of drug-likeness (QED) is 0.473. The van der Waals surface area contributed by atoms with Gasteiger partial charge in [-0.3, -0.25) is 9.69 Å². The molecule has 4 heteroatoms. The Hall–Kier alpha value is -0.900. The predicted octanol–water partition coefficient (Wildman–Crippen LogP) is 1.15. The first-order chi connectivity index (χ1) is 6.63. The lowest BCUT2D eigenvalue weighted by Crippen LogP contribution is -2.38. The van der Waals surface area contributed by atoms with Crippen LogP contribution < -0.4 is 0 Å². The maximum Gasteiger partial charge on any atom is 0.320 e. The molecule has 0 aliphatic rings. The molecule has 0 aromatic heterocycles. The van der Waals surface area contributed by atoms with Crippen LogP contribution in [0.2, 0.25) is 0 Å². The van der Waals surface area contributed by atoms with E-state index in [1.807, 2.05) is 18.9 Å². The van der Waals surface area contributed by atoms with Crippen molar-refractivity contribution >= 4 is 12.3 Å². The summed E-state index contributed by atoms with van der Waals surface area (Å²) in [4.78, 5) is 22.8. The molecule has 0 radical (unpaired) electrons. The Labute approximate surface area is 84.9 Å². The zero-order chi connectivity index (χ0) is 11.0. The normalized spacial score (nSPS) is 12.8. The smallest absolute Gasteiger partial charge is 0.320 e. The Bertz CT molecular complexity index is 182. The Morgan fingerprint density at radius 3 is 2.64 bits per heavy atom. The van der Waals surface area contributed by atoms with Crippen LogP contribution in [0.1, 0.15) is 32.6 Å². The summed E-state index contributed by atoms with van der Waals surface area (Å²) in [6, 6.07) is -0.449. The molecular formula is C10H19NO3. The fraction of sp³-hybridized carbons (Fsp3) is 0.800. The third-order valence-corrected chi connectivity index (χ3v) is 2.19. The van der Waals surface area contributed by atoms with E-state index in [-0.39, 0.29) is 0 Å². The maximum atomic E-state index is 10.9. The van der Waals surface area contributed by atoms with Gasteiger partial charge in [0.1, 0.15) is 12.3 Å². The highest BCUT2D eigenvalue weighted by Crippen LogP contribution is 2.07. The topological polar surface area (TPSA) is 57.6 Å². The van der Waals surface area contributed by atoms with Crippen LogP contribution in [0.5, 0.6) is 0 Å². The van der Waals surface area contributed by atoms with E-state index >= 15 is 0 Å². The van der Waals surface area contributed by atoms with E-state index in [1.165, 1.54) is 0 Å². The molecule has 82 valence electrons. The van der Waals surface area contributed by atoms with Gasteiger partial charge in [0.2, 0.25) is 0 Å². The molecule has 0 bridgehead atoms. The summed E-state index contributed by atoms with van der Waals surface area (Å²) in [7, 11) is 1.81. The third-order valence-electron chi connectivity index (χ3n) is 2.19. The zero-order valence-electron chi connectivity index (χ0n) is 8.90. The van der Waals surface area contributed by atoms with Gasteiger partial charge in [0, 0.05) is 6.42 Å². The first kappa shape index (κ1) is 13.1. The molecule has 0 saturated carbocycles. The van der Waals surface area contributed by atoms with Crippen LogP contribution in [0, 0.1) is 0 Å². The van der Waals surface area contributed by atoms with Gasteiger partial charge in [0.05, 0.1) is 0 Å². The Morgan fingerprint density at radius 1 is 1.57 bits per heavy atom. The molecule has 0 aromatic rings. The molecule has 14 heavy (non-hydrogen) atoms. The van der Waals surface area contributed by atoms with E-state index in [0.29, 0.717) is 19.3 Å². The average Bonchev–Trinajstić information content (AvgIpc) is 2.12. The highest BCUT2D eigenvalue weighted by atomic mass is 16.4. The van der Waals surface area contributed by atoms with Crippen LogP contribution in [0.3, 0.4) is 0 Å². The van der Waals surface area contributed by atoms with Gasteiger partial charge in [-0.1, -0.05) is 6.92 Å². The summed E-state index contributed by atoms with van der Waals surface area (Å²) in [6.45, 7) is 2.79. The predicted molar refractivity (Wildman–Crippen MR) is 54.3 cm³/mol. The second-order valence-electron chi connectivity index (χ2n) is 3.43. The molecule has 1 atom stereocenters. The molecule has 0 rings (SSSR count). The van der Waals surface area contributed by atoms with E-state index in [2.05, 4.69) is 0 Å². The Kier molecular flexibility index (Phi) is 7.02. The monoisotopic (exact) mass is 201 g/mol. The lowest BCUT2D eigenvalue weighted by Gasteiger charge is -2.23. The summed E-state index contributed by atoms with van der Waals surface area (Å²) in [5, 5.41) is 8.94. The number of carbonyl (C=O) groups is 2. The summed E-state index contributed by atoms with van der Waals surface area (Å²) < 4.78 is 0. The number of carboxylic acids is 1. The molecule has 0 amide bonds. The fourth-order valence-electron chi connectivity index (χ4n) is 1.44. The van der Waals surface area contributed by atoms with Crippen molar-refractivity contribution in [3.63, 3.8) is 0 Å². The molecule has 0 aliphatic heterocycles. The Morgan fingerprint density at radius 2 is 2.21 bits per heavy atom. The Balaban J connectivity index is 4.00. The van der Waals surface area contributed by atoms with Crippen LogP contribution in [0.25, 0.3) is 0 Å². The molecule has 0 unspecified atom stereocenters. The molecule has 0 aliphatic carbocycles. The SMILES string of the molecule is CCCN(C)[C@@H](CCCC=O)C(=O)O. The number of rotatable bonds is 8. The molecular weight excluding hydrogens is 182 g/mol. The minimum Gasteiger partial charge on any atom is -0.480 e. The first-order valence-corrected chi connectivity index (χ1v) is 5.00. The van der Waals surface area contributed by atoms with Crippen molar-refractivity contribution in [3.8, 4) is 0 Å². The second kappa shape index (κ2) is 7.50. The van der Waals surface area contributed by atoms with Gasteiger partial charge < -0.3 is 9.90 Å². The molecule has 0 spiro atoms. The van der Waals surface area contributed by atoms with Crippen LogP contribution in [0.15, 0.2) is 0 Å². The highest BCUT2D eigenvalue weighted by Gasteiger charge is 2.20. The first-order valence-electron chi connectivity index (χ1n) is 5.00. The van der Waals surface area contributed by atoms with Gasteiger partial charge in [0.25, 0.3) is 0 Å². The van der Waals surface area contributed by atoms with Gasteiger partial charge in [0.15, 0.2) is 0 Å². The number of hydrogen-bond acceptors (Lipinski definition) is 3. The highest BCUT2D eigenvalue weighted by molar-refractivity contribution is 5.73. The van der Waals surface area contributed by atoms with Crippen molar-refractivity contribution in [2.24, 2.45) is 0 Å². The average molecular weight is 201 g/mol. The number of hydrogen-bond donors (Lipinski definition) is 1. The maximum absolute atomic E-state index is 10.9. The molecule has 0 heterocycles. The minimum absolute atomic E-state index is 0.448. The number of unbranched alkanes of at least 4 members (excludes halogenated alkanes) is 1. The van der Waals surface area contributed by atoms with Gasteiger partial charge >= 0.3 is 5.97 Å². The van der Waals surface area contributed by atoms with Crippen molar-refractivity contribution < 1.29 is 14.7 Å². The van der Waals surface area contributed by atoms with Crippen molar-refractivity contribution in [1.82, 2.24) is 4.90 Å². The van der Waals surface area contributed by atoms with Crippen molar-refractivity contribution in [2.75, 3.05) is 13.6 Å². The summed E-state index contributed by atoms with van der Waals surface area (Å²) in [6.07, 6.45) is 3.41. The van der Waals surface area contributed by atoms with Gasteiger partial charge in [-0.15, -0.1) is 0 Å². The zero-order valence-corrected chi connectivity index (χ0v) is 8.90. The minimum atomic E-state index is -0.799. The third kappa shape index (κ3) is 4.97. The van der Waals surface area contributed by atoms with E-state index in [9.17, 15) is 9.59 Å². The standard InChI is InChI=1S/C10H19NO3/c1-3-7-11(2)9(10(13)14)6-4-5-8-12/h8-9H,3-7H2,1-2H3,(H,13,14)/t9-/m0/s1. The number of aldehydes is 1. The number of likely N-dealkylation sites (N-methyl/N-ethyl adjacent to an activating group) is 1. The van der Waals surface area contributed by atoms with Crippen molar-refractivity contribution in [1.29, 1.82) is 0 Å². The number of aliphatic carboxylic acids is 1. The van der Waals surface area contributed by atoms with E-state index < -0.39 is 12.0 Å². The van der Waals surface area contributed by atoms with E-state index in [0.717, 1.165) is 19.3 Å². The van der Waals surface area contributed by atoms with Crippen LogP contribution in [-0.2, 0) is 9.59 Å². The summed E-state index contributed by atoms with van der Waals surface area (Å²) in [5.74, 6) is -0.799. The van der Waals surface area contributed by atoms with Crippen molar-refractivity contribution in [3.05, 3.63) is 0 Å². The van der Waals surface area contributed by atoms with Gasteiger partial charge in [-0.05, 0) is 32.9 Å². The molecule has 0 aromatic carbocycles. The lowest BCUT2D eigenvalue weighted by atomic mass is 10.1.